The average molecular weight is 718 g/mol. The molecule has 3 aliphatic rings. The third-order valence-electron chi connectivity index (χ3n) is 13.0. The van der Waals surface area contributed by atoms with Gasteiger partial charge in [0.05, 0.1) is 11.1 Å². The van der Waals surface area contributed by atoms with Crippen molar-refractivity contribution in [2.45, 2.75) is 45.4 Å². The van der Waals surface area contributed by atoms with Crippen LogP contribution in [0.2, 0.25) is 0 Å². The van der Waals surface area contributed by atoms with E-state index in [1.165, 1.54) is 94.6 Å². The van der Waals surface area contributed by atoms with Gasteiger partial charge in [-0.3, -0.25) is 0 Å². The van der Waals surface area contributed by atoms with E-state index in [4.69, 9.17) is 0 Å². The standard InChI is InChI=1S/C55H43N/c1-34-19-24-43-44-25-20-35(2)30-51(44)55(50(43)29-34)48-28-23-38(32-46(48)45-26-21-36(3)31-52(45)55)56(53-18-12-10-15-40(53)37-13-7-6-8-14-37)39-22-27-42-41-16-9-11-17-47(41)54(4,5)49(42)33-39/h6-33H,1-5H3. The van der Waals surface area contributed by atoms with Gasteiger partial charge in [-0.15, -0.1) is 0 Å². The zero-order chi connectivity index (χ0) is 37.9. The van der Waals surface area contributed by atoms with Crippen LogP contribution in [0.4, 0.5) is 17.1 Å². The Morgan fingerprint density at radius 1 is 0.339 bits per heavy atom. The number of para-hydroxylation sites is 1. The fourth-order valence-electron chi connectivity index (χ4n) is 10.5. The Bertz CT molecular complexity index is 2880. The summed E-state index contributed by atoms with van der Waals surface area (Å²) in [6, 6.07) is 64.4. The predicted molar refractivity (Wildman–Crippen MR) is 235 cm³/mol. The lowest BCUT2D eigenvalue weighted by atomic mass is 9.70. The number of rotatable bonds is 4. The van der Waals surface area contributed by atoms with Gasteiger partial charge in [-0.1, -0.05) is 170 Å². The molecule has 11 rings (SSSR count). The van der Waals surface area contributed by atoms with Crippen molar-refractivity contribution in [3.63, 3.8) is 0 Å². The summed E-state index contributed by atoms with van der Waals surface area (Å²) in [5, 5.41) is 0. The monoisotopic (exact) mass is 717 g/mol. The van der Waals surface area contributed by atoms with Gasteiger partial charge in [0.15, 0.2) is 0 Å². The quantitative estimate of drug-likeness (QED) is 0.175. The Morgan fingerprint density at radius 3 is 1.48 bits per heavy atom. The first-order chi connectivity index (χ1) is 27.2. The molecule has 0 atom stereocenters. The van der Waals surface area contributed by atoms with Gasteiger partial charge in [-0.2, -0.15) is 0 Å². The summed E-state index contributed by atoms with van der Waals surface area (Å²) in [7, 11) is 0. The molecule has 0 N–H and O–H groups in total. The number of fused-ring (bicyclic) bond motifs is 13. The number of benzene rings is 8. The Hall–Kier alpha value is -6.44. The SMILES string of the molecule is Cc1ccc2c(c1)C1(c3ccc(N(c4ccc5c(c4)C(C)(C)c4ccccc4-5)c4ccccc4-c4ccccc4)cc3-2)c2cc(C)ccc2-c2ccc(C)cc21. The molecule has 0 saturated carbocycles. The van der Waals surface area contributed by atoms with Crippen LogP contribution >= 0.6 is 0 Å². The molecule has 0 heterocycles. The van der Waals surface area contributed by atoms with E-state index in [9.17, 15) is 0 Å². The molecular weight excluding hydrogens is 675 g/mol. The second kappa shape index (κ2) is 11.8. The van der Waals surface area contributed by atoms with Crippen LogP contribution in [0.3, 0.4) is 0 Å². The van der Waals surface area contributed by atoms with Crippen molar-refractivity contribution in [1.82, 2.24) is 0 Å². The van der Waals surface area contributed by atoms with E-state index in [1.54, 1.807) is 0 Å². The zero-order valence-electron chi connectivity index (χ0n) is 32.6. The van der Waals surface area contributed by atoms with Gasteiger partial charge >= 0.3 is 0 Å². The van der Waals surface area contributed by atoms with Crippen LogP contribution in [0.15, 0.2) is 170 Å². The van der Waals surface area contributed by atoms with Crippen LogP contribution in [-0.4, -0.2) is 0 Å². The molecule has 0 bridgehead atoms. The van der Waals surface area contributed by atoms with Crippen LogP contribution in [0.25, 0.3) is 44.5 Å². The molecule has 268 valence electrons. The number of anilines is 3. The van der Waals surface area contributed by atoms with Crippen LogP contribution in [-0.2, 0) is 10.8 Å². The summed E-state index contributed by atoms with van der Waals surface area (Å²) in [6.07, 6.45) is 0. The van der Waals surface area contributed by atoms with Gasteiger partial charge in [0.1, 0.15) is 0 Å². The Morgan fingerprint density at radius 2 is 0.821 bits per heavy atom. The van der Waals surface area contributed by atoms with E-state index in [-0.39, 0.29) is 5.41 Å². The highest BCUT2D eigenvalue weighted by Crippen LogP contribution is 2.64. The molecule has 0 aromatic heterocycles. The van der Waals surface area contributed by atoms with Crippen molar-refractivity contribution in [3.8, 4) is 44.5 Å². The maximum absolute atomic E-state index is 2.51. The zero-order valence-corrected chi connectivity index (χ0v) is 32.6. The van der Waals surface area contributed by atoms with Crippen molar-refractivity contribution in [3.05, 3.63) is 220 Å². The van der Waals surface area contributed by atoms with Gasteiger partial charge < -0.3 is 4.90 Å². The summed E-state index contributed by atoms with van der Waals surface area (Å²) in [4.78, 5) is 2.51. The third-order valence-corrected chi connectivity index (χ3v) is 13.0. The molecule has 0 aliphatic heterocycles. The number of hydrogen-bond donors (Lipinski definition) is 0. The van der Waals surface area contributed by atoms with Gasteiger partial charge in [-0.25, -0.2) is 0 Å². The third kappa shape index (κ3) is 4.43. The van der Waals surface area contributed by atoms with Gasteiger partial charge in [0, 0.05) is 22.4 Å². The smallest absolute Gasteiger partial charge is 0.0725 e. The lowest BCUT2D eigenvalue weighted by Gasteiger charge is -2.32. The molecule has 0 radical (unpaired) electrons. The number of aryl methyl sites for hydroxylation is 3. The molecule has 0 fully saturated rings. The number of nitrogens with zero attached hydrogens (tertiary/aromatic N) is 1. The lowest BCUT2D eigenvalue weighted by Crippen LogP contribution is -2.26. The summed E-state index contributed by atoms with van der Waals surface area (Å²) in [5.41, 5.74) is 25.5. The highest BCUT2D eigenvalue weighted by molar-refractivity contribution is 5.98. The number of hydrogen-bond acceptors (Lipinski definition) is 1. The minimum atomic E-state index is -0.395. The van der Waals surface area contributed by atoms with Crippen molar-refractivity contribution in [2.75, 3.05) is 4.90 Å². The molecule has 8 aromatic carbocycles. The van der Waals surface area contributed by atoms with E-state index < -0.39 is 5.41 Å². The summed E-state index contributed by atoms with van der Waals surface area (Å²) >= 11 is 0. The Kier molecular flexibility index (Phi) is 6.93. The summed E-state index contributed by atoms with van der Waals surface area (Å²) in [5.74, 6) is 0. The topological polar surface area (TPSA) is 3.24 Å². The van der Waals surface area contributed by atoms with E-state index >= 15 is 0 Å². The van der Waals surface area contributed by atoms with Crippen molar-refractivity contribution in [2.24, 2.45) is 0 Å². The van der Waals surface area contributed by atoms with Crippen LogP contribution < -0.4 is 4.90 Å². The average Bonchev–Trinajstić information content (AvgIpc) is 3.75. The van der Waals surface area contributed by atoms with Crippen molar-refractivity contribution in [1.29, 1.82) is 0 Å². The van der Waals surface area contributed by atoms with Gasteiger partial charge in [-0.05, 0) is 123 Å². The fourth-order valence-corrected chi connectivity index (χ4v) is 10.5. The minimum absolute atomic E-state index is 0.118. The molecular formula is C55H43N. The van der Waals surface area contributed by atoms with Crippen LogP contribution in [0.1, 0.15) is 63.9 Å². The molecule has 1 nitrogen and oxygen atoms in total. The van der Waals surface area contributed by atoms with Gasteiger partial charge in [0.2, 0.25) is 0 Å². The minimum Gasteiger partial charge on any atom is -0.310 e. The maximum Gasteiger partial charge on any atom is 0.0725 e. The predicted octanol–water partition coefficient (Wildman–Crippen LogP) is 14.4. The fraction of sp³-hybridized carbons (Fsp3) is 0.127. The summed E-state index contributed by atoms with van der Waals surface area (Å²) in [6.45, 7) is 11.4. The van der Waals surface area contributed by atoms with E-state index in [1.807, 2.05) is 0 Å². The Balaban J connectivity index is 1.19. The Labute approximate surface area is 330 Å². The summed E-state index contributed by atoms with van der Waals surface area (Å²) < 4.78 is 0. The first-order valence-corrected chi connectivity index (χ1v) is 19.9. The van der Waals surface area contributed by atoms with Gasteiger partial charge in [0.25, 0.3) is 0 Å². The molecule has 56 heavy (non-hydrogen) atoms. The molecule has 1 spiro atoms. The normalized spacial score (nSPS) is 14.4. The first kappa shape index (κ1) is 32.9. The van der Waals surface area contributed by atoms with E-state index in [2.05, 4.69) is 209 Å². The molecule has 0 unspecified atom stereocenters. The molecule has 0 amide bonds. The molecule has 1 heteroatoms. The van der Waals surface area contributed by atoms with E-state index in [0.717, 1.165) is 17.1 Å². The first-order valence-electron chi connectivity index (χ1n) is 19.9. The van der Waals surface area contributed by atoms with Crippen molar-refractivity contribution >= 4 is 17.1 Å². The molecule has 8 aromatic rings. The highest BCUT2D eigenvalue weighted by Gasteiger charge is 2.52. The molecule has 3 aliphatic carbocycles. The molecule has 0 saturated heterocycles. The van der Waals surface area contributed by atoms with Crippen molar-refractivity contribution < 1.29 is 0 Å². The van der Waals surface area contributed by atoms with Crippen LogP contribution in [0, 0.1) is 20.8 Å². The largest absolute Gasteiger partial charge is 0.310 e. The maximum atomic E-state index is 2.51. The lowest BCUT2D eigenvalue weighted by molar-refractivity contribution is 0.660. The second-order valence-corrected chi connectivity index (χ2v) is 16.7. The highest BCUT2D eigenvalue weighted by atomic mass is 15.1. The van der Waals surface area contributed by atoms with Crippen LogP contribution in [0.5, 0.6) is 0 Å². The van der Waals surface area contributed by atoms with E-state index in [0.29, 0.717) is 0 Å². The second-order valence-electron chi connectivity index (χ2n) is 16.7.